The summed E-state index contributed by atoms with van der Waals surface area (Å²) in [6, 6.07) is 19.0. The lowest BCUT2D eigenvalue weighted by atomic mass is 10.0. The van der Waals surface area contributed by atoms with Crippen LogP contribution in [0.5, 0.6) is 5.75 Å². The number of nitrogens with zero attached hydrogens (tertiary/aromatic N) is 3. The number of anilines is 1. The Hall–Kier alpha value is -4.45. The number of aryl methyl sites for hydroxylation is 1. The van der Waals surface area contributed by atoms with Crippen molar-refractivity contribution >= 4 is 33.2 Å². The van der Waals surface area contributed by atoms with Crippen LogP contribution in [0.3, 0.4) is 0 Å². The summed E-state index contributed by atoms with van der Waals surface area (Å²) in [5.41, 5.74) is 1.93. The van der Waals surface area contributed by atoms with E-state index in [1.165, 1.54) is 31.2 Å². The van der Waals surface area contributed by atoms with E-state index in [-0.39, 0.29) is 30.1 Å². The number of ether oxygens (including phenoxy) is 1. The molecule has 0 spiro atoms. The summed E-state index contributed by atoms with van der Waals surface area (Å²) < 4.78 is 31.9. The van der Waals surface area contributed by atoms with Gasteiger partial charge < -0.3 is 15.0 Å². The van der Waals surface area contributed by atoms with Crippen molar-refractivity contribution in [3.8, 4) is 5.75 Å². The molecule has 3 aromatic carbocycles. The zero-order valence-corrected chi connectivity index (χ0v) is 23.6. The Kier molecular flexibility index (Phi) is 9.83. The number of benzene rings is 3. The highest BCUT2D eigenvalue weighted by Gasteiger charge is 2.34. The molecule has 0 saturated carbocycles. The number of nitrogens with one attached hydrogen (secondary N) is 1. The predicted octanol–water partition coefficient (Wildman–Crippen LogP) is 3.06. The number of carbonyl (C=O) groups excluding carboxylic acids is 2. The Balaban J connectivity index is 2.11. The minimum Gasteiger partial charge on any atom is -0.495 e. The highest BCUT2D eigenvalue weighted by atomic mass is 32.2. The van der Waals surface area contributed by atoms with E-state index in [1.54, 1.807) is 0 Å². The van der Waals surface area contributed by atoms with E-state index < -0.39 is 39.3 Å². The van der Waals surface area contributed by atoms with Crippen molar-refractivity contribution in [2.75, 3.05) is 31.3 Å². The van der Waals surface area contributed by atoms with Gasteiger partial charge in [-0.1, -0.05) is 54.6 Å². The van der Waals surface area contributed by atoms with E-state index in [0.717, 1.165) is 33.3 Å². The van der Waals surface area contributed by atoms with E-state index in [9.17, 15) is 28.1 Å². The molecule has 3 rings (SSSR count). The normalized spacial score (nSPS) is 11.8. The average Bonchev–Trinajstić information content (AvgIpc) is 2.93. The van der Waals surface area contributed by atoms with Gasteiger partial charge in [0.1, 0.15) is 24.0 Å². The van der Waals surface area contributed by atoms with Gasteiger partial charge in [-0.3, -0.25) is 24.0 Å². The van der Waals surface area contributed by atoms with Crippen LogP contribution >= 0.6 is 0 Å². The maximum Gasteiger partial charge on any atom is 0.271 e. The summed E-state index contributed by atoms with van der Waals surface area (Å²) in [5.74, 6) is -1.07. The van der Waals surface area contributed by atoms with Gasteiger partial charge in [-0.25, -0.2) is 8.42 Å². The number of nitro benzene ring substituents is 1. The number of nitro groups is 1. The molecule has 40 heavy (non-hydrogen) atoms. The molecule has 11 nitrogen and oxygen atoms in total. The van der Waals surface area contributed by atoms with Gasteiger partial charge in [0.05, 0.1) is 18.3 Å². The van der Waals surface area contributed by atoms with Crippen molar-refractivity contribution in [1.82, 2.24) is 10.2 Å². The third-order valence-electron chi connectivity index (χ3n) is 6.44. The minimum atomic E-state index is -4.13. The number of rotatable bonds is 12. The van der Waals surface area contributed by atoms with E-state index in [0.29, 0.717) is 0 Å². The van der Waals surface area contributed by atoms with E-state index in [2.05, 4.69) is 5.32 Å². The van der Waals surface area contributed by atoms with Gasteiger partial charge in [-0.05, 0) is 29.7 Å². The number of hydrogen-bond donors (Lipinski definition) is 1. The topological polar surface area (TPSA) is 139 Å². The number of methoxy groups -OCH3 is 1. The van der Waals surface area contributed by atoms with Crippen molar-refractivity contribution in [3.05, 3.63) is 99.6 Å². The first-order valence-corrected chi connectivity index (χ1v) is 14.2. The van der Waals surface area contributed by atoms with E-state index in [1.807, 2.05) is 61.5 Å². The summed E-state index contributed by atoms with van der Waals surface area (Å²) in [4.78, 5) is 39.3. The quantitative estimate of drug-likeness (QED) is 0.262. The fraction of sp³-hybridized carbons (Fsp3) is 0.286. The molecule has 0 bridgehead atoms. The second-order valence-corrected chi connectivity index (χ2v) is 11.1. The summed E-state index contributed by atoms with van der Waals surface area (Å²) in [6.45, 7) is 1.19. The van der Waals surface area contributed by atoms with Crippen LogP contribution < -0.4 is 14.4 Å². The second-order valence-electron chi connectivity index (χ2n) is 9.15. The van der Waals surface area contributed by atoms with Gasteiger partial charge >= 0.3 is 0 Å². The van der Waals surface area contributed by atoms with Crippen LogP contribution in [0.2, 0.25) is 0 Å². The molecule has 212 valence electrons. The van der Waals surface area contributed by atoms with Crippen molar-refractivity contribution in [3.63, 3.8) is 0 Å². The first-order valence-electron chi connectivity index (χ1n) is 12.4. The van der Waals surface area contributed by atoms with Crippen molar-refractivity contribution < 1.29 is 27.7 Å². The third kappa shape index (κ3) is 7.35. The van der Waals surface area contributed by atoms with Crippen LogP contribution in [-0.4, -0.2) is 63.1 Å². The lowest BCUT2D eigenvalue weighted by Gasteiger charge is -2.33. The predicted molar refractivity (Wildman–Crippen MR) is 152 cm³/mol. The molecule has 0 radical (unpaired) electrons. The standard InChI is InChI=1S/C28H32N4O7S/c1-20-10-8-9-13-22(20)18-30(25(28(34)29-2)16-21-11-6-5-7-12-21)27(33)19-31(40(4,37)38)24-17-23(32(35)36)14-15-26(24)39-3/h5-15,17,25H,16,18-19H2,1-4H3,(H,29,34)/t25-/m1/s1. The van der Waals surface area contributed by atoms with Crippen LogP contribution in [0.25, 0.3) is 0 Å². The minimum absolute atomic E-state index is 0.0279. The molecule has 0 aliphatic heterocycles. The van der Waals surface area contributed by atoms with Crippen LogP contribution in [0.1, 0.15) is 16.7 Å². The largest absolute Gasteiger partial charge is 0.495 e. The molecule has 0 heterocycles. The van der Waals surface area contributed by atoms with E-state index in [4.69, 9.17) is 4.74 Å². The van der Waals surface area contributed by atoms with Crippen LogP contribution in [-0.2, 0) is 32.6 Å². The average molecular weight is 569 g/mol. The van der Waals surface area contributed by atoms with Crippen molar-refractivity contribution in [1.29, 1.82) is 0 Å². The highest BCUT2D eigenvalue weighted by molar-refractivity contribution is 7.92. The molecule has 1 N–H and O–H groups in total. The maximum atomic E-state index is 14.0. The molecule has 0 saturated heterocycles. The molecular formula is C28H32N4O7S. The van der Waals surface area contributed by atoms with Gasteiger partial charge in [0.25, 0.3) is 5.69 Å². The molecule has 0 aromatic heterocycles. The Morgan fingerprint density at radius 1 is 1.05 bits per heavy atom. The lowest BCUT2D eigenvalue weighted by molar-refractivity contribution is -0.384. The molecule has 0 fully saturated rings. The third-order valence-corrected chi connectivity index (χ3v) is 7.57. The smallest absolute Gasteiger partial charge is 0.271 e. The molecule has 12 heteroatoms. The van der Waals surface area contributed by atoms with Gasteiger partial charge in [-0.2, -0.15) is 0 Å². The van der Waals surface area contributed by atoms with Crippen molar-refractivity contribution in [2.24, 2.45) is 0 Å². The molecule has 0 aliphatic rings. The Bertz CT molecular complexity index is 1480. The number of hydrogen-bond acceptors (Lipinski definition) is 7. The SMILES string of the molecule is CNC(=O)[C@@H](Cc1ccccc1)N(Cc1ccccc1C)C(=O)CN(c1cc([N+](=O)[O-])ccc1OC)S(C)(=O)=O. The summed E-state index contributed by atoms with van der Waals surface area (Å²) in [5, 5.41) is 14.1. The monoisotopic (exact) mass is 568 g/mol. The first kappa shape index (κ1) is 30.1. The Morgan fingerprint density at radius 3 is 2.27 bits per heavy atom. The van der Waals surface area contributed by atoms with Crippen molar-refractivity contribution in [2.45, 2.75) is 25.9 Å². The number of sulfonamides is 1. The molecular weight excluding hydrogens is 536 g/mol. The maximum absolute atomic E-state index is 14.0. The number of non-ortho nitro benzene ring substituents is 1. The number of likely N-dealkylation sites (N-methyl/N-ethyl adjacent to an activating group) is 1. The Labute approximate surface area is 233 Å². The molecule has 0 aliphatic carbocycles. The Morgan fingerprint density at radius 2 is 1.70 bits per heavy atom. The second kappa shape index (κ2) is 13.1. The van der Waals surface area contributed by atoms with Gasteiger partial charge in [0.15, 0.2) is 0 Å². The van der Waals surface area contributed by atoms with E-state index >= 15 is 0 Å². The van der Waals surface area contributed by atoms with Crippen LogP contribution in [0.15, 0.2) is 72.8 Å². The molecule has 1 atom stereocenters. The first-order chi connectivity index (χ1) is 19.0. The summed E-state index contributed by atoms with van der Waals surface area (Å²) >= 11 is 0. The zero-order chi connectivity index (χ0) is 29.4. The fourth-order valence-corrected chi connectivity index (χ4v) is 5.12. The fourth-order valence-electron chi connectivity index (χ4n) is 4.27. The van der Waals surface area contributed by atoms with Gasteiger partial charge in [0.2, 0.25) is 21.8 Å². The molecule has 0 unspecified atom stereocenters. The van der Waals surface area contributed by atoms with Gasteiger partial charge in [-0.15, -0.1) is 0 Å². The van der Waals surface area contributed by atoms with Crippen LogP contribution in [0, 0.1) is 17.0 Å². The van der Waals surface area contributed by atoms with Crippen LogP contribution in [0.4, 0.5) is 11.4 Å². The number of carbonyl (C=O) groups is 2. The zero-order valence-electron chi connectivity index (χ0n) is 22.7. The number of amides is 2. The lowest BCUT2D eigenvalue weighted by Crippen LogP contribution is -2.53. The molecule has 3 aromatic rings. The van der Waals surface area contributed by atoms with Gasteiger partial charge in [0, 0.05) is 32.1 Å². The highest BCUT2D eigenvalue weighted by Crippen LogP contribution is 2.34. The summed E-state index contributed by atoms with van der Waals surface area (Å²) in [6.07, 6.45) is 1.07. The molecule has 2 amide bonds. The summed E-state index contributed by atoms with van der Waals surface area (Å²) in [7, 11) is -1.37.